The van der Waals surface area contributed by atoms with Gasteiger partial charge < -0.3 is 14.7 Å². The van der Waals surface area contributed by atoms with Crippen LogP contribution >= 0.6 is 0 Å². The number of phenols is 1. The van der Waals surface area contributed by atoms with Crippen molar-refractivity contribution in [3.63, 3.8) is 0 Å². The molecule has 0 spiro atoms. The van der Waals surface area contributed by atoms with Crippen molar-refractivity contribution in [2.24, 2.45) is 0 Å². The molecule has 0 saturated carbocycles. The van der Waals surface area contributed by atoms with Gasteiger partial charge in [-0.2, -0.15) is 4.73 Å². The van der Waals surface area contributed by atoms with Crippen LogP contribution in [0, 0.1) is 5.21 Å². The largest absolute Gasteiger partial charge is 0.618 e. The van der Waals surface area contributed by atoms with E-state index in [1.165, 1.54) is 36.4 Å². The third-order valence-electron chi connectivity index (χ3n) is 2.53. The van der Waals surface area contributed by atoms with Crippen LogP contribution in [-0.2, 0) is 0 Å². The Labute approximate surface area is 124 Å². The van der Waals surface area contributed by atoms with E-state index in [1.807, 2.05) is 0 Å². The number of phenolic OH excluding ortho intramolecular Hbond substituents is 1. The number of benzene rings is 2. The monoisotopic (exact) mass is 252 g/mol. The van der Waals surface area contributed by atoms with Crippen LogP contribution in [0.15, 0.2) is 45.6 Å². The van der Waals surface area contributed by atoms with Crippen LogP contribution < -0.4 is 10.2 Å². The maximum atomic E-state index is 12.0. The molecule has 0 unspecified atom stereocenters. The van der Waals surface area contributed by atoms with Gasteiger partial charge in [-0.1, -0.05) is 0 Å². The zero-order valence-electron chi connectivity index (χ0n) is 9.58. The Bertz CT molecular complexity index is 753. The van der Waals surface area contributed by atoms with Crippen molar-refractivity contribution < 1.29 is 14.3 Å². The van der Waals surface area contributed by atoms with Gasteiger partial charge in [0.05, 0.1) is 0 Å². The second-order valence-corrected chi connectivity index (χ2v) is 3.68. The SMILES string of the molecule is O=c1ccc2[n+]([O-])c3ccc(O)cc3oc-2c1.[Na]. The summed E-state index contributed by atoms with van der Waals surface area (Å²) >= 11 is 0. The van der Waals surface area contributed by atoms with E-state index in [1.54, 1.807) is 0 Å². The van der Waals surface area contributed by atoms with Gasteiger partial charge in [-0.3, -0.25) is 4.79 Å². The van der Waals surface area contributed by atoms with Crippen LogP contribution in [0.3, 0.4) is 0 Å². The summed E-state index contributed by atoms with van der Waals surface area (Å²) in [4.78, 5) is 11.2. The molecule has 5 nitrogen and oxygen atoms in total. The predicted octanol–water partition coefficient (Wildman–Crippen LogP) is 0.856. The summed E-state index contributed by atoms with van der Waals surface area (Å²) in [7, 11) is 0. The summed E-state index contributed by atoms with van der Waals surface area (Å²) < 4.78 is 6.08. The molecule has 1 aliphatic carbocycles. The normalized spacial score (nSPS) is 10.4. The minimum absolute atomic E-state index is 0. The van der Waals surface area contributed by atoms with Crippen LogP contribution in [0.1, 0.15) is 0 Å². The number of hydrogen-bond acceptors (Lipinski definition) is 4. The average Bonchev–Trinajstić information content (AvgIpc) is 2.28. The number of fused-ring (bicyclic) bond motifs is 2. The van der Waals surface area contributed by atoms with Gasteiger partial charge in [-0.25, -0.2) is 0 Å². The molecule has 0 atom stereocenters. The molecule has 18 heavy (non-hydrogen) atoms. The Morgan fingerprint density at radius 3 is 2.72 bits per heavy atom. The number of nitrogens with zero attached hydrogens (tertiary/aromatic N) is 1. The zero-order chi connectivity index (χ0) is 12.0. The first-order valence-corrected chi connectivity index (χ1v) is 4.94. The molecule has 1 aliphatic heterocycles. The van der Waals surface area contributed by atoms with Gasteiger partial charge in [0.15, 0.2) is 5.43 Å². The minimum Gasteiger partial charge on any atom is -0.618 e. The van der Waals surface area contributed by atoms with Crippen molar-refractivity contribution in [2.75, 3.05) is 0 Å². The number of rotatable bonds is 0. The van der Waals surface area contributed by atoms with E-state index >= 15 is 0 Å². The molecule has 0 saturated heterocycles. The van der Waals surface area contributed by atoms with E-state index in [9.17, 15) is 15.1 Å². The first kappa shape index (κ1) is 12.9. The number of aromatic hydroxyl groups is 1. The molecule has 6 heteroatoms. The topological polar surface area (TPSA) is 77.4 Å². The Morgan fingerprint density at radius 1 is 1.17 bits per heavy atom. The summed E-state index contributed by atoms with van der Waals surface area (Å²) in [6, 6.07) is 8.17. The molecule has 85 valence electrons. The van der Waals surface area contributed by atoms with Crippen LogP contribution in [-0.4, -0.2) is 34.7 Å². The van der Waals surface area contributed by atoms with Crippen LogP contribution in [0.4, 0.5) is 0 Å². The molecule has 3 rings (SSSR count). The first-order valence-electron chi connectivity index (χ1n) is 4.94. The Hall–Kier alpha value is -1.56. The van der Waals surface area contributed by atoms with Gasteiger partial charge >= 0.3 is 0 Å². The van der Waals surface area contributed by atoms with E-state index in [2.05, 4.69) is 0 Å². The van der Waals surface area contributed by atoms with Crippen molar-refractivity contribution in [2.45, 2.75) is 0 Å². The predicted molar refractivity (Wildman–Crippen MR) is 65.5 cm³/mol. The summed E-state index contributed by atoms with van der Waals surface area (Å²) in [6.45, 7) is 0. The summed E-state index contributed by atoms with van der Waals surface area (Å²) in [5.41, 5.74) is 0.579. The quantitative estimate of drug-likeness (QED) is 0.278. The van der Waals surface area contributed by atoms with Gasteiger partial charge in [0.1, 0.15) is 5.75 Å². The van der Waals surface area contributed by atoms with Crippen molar-refractivity contribution in [1.82, 2.24) is 0 Å². The second kappa shape index (κ2) is 4.61. The fraction of sp³-hybridized carbons (Fsp3) is 0. The van der Waals surface area contributed by atoms with Gasteiger partial charge in [-0.15, -0.1) is 0 Å². The molecule has 1 N–H and O–H groups in total. The summed E-state index contributed by atoms with van der Waals surface area (Å²) in [6.07, 6.45) is 0. The average molecular weight is 252 g/mol. The number of aromatic nitrogens is 1. The molecule has 0 bridgehead atoms. The second-order valence-electron chi connectivity index (χ2n) is 3.68. The van der Waals surface area contributed by atoms with Crippen LogP contribution in [0.5, 0.6) is 5.75 Å². The number of hydrogen-bond donors (Lipinski definition) is 1. The fourth-order valence-electron chi connectivity index (χ4n) is 1.74. The van der Waals surface area contributed by atoms with E-state index in [0.717, 1.165) is 0 Å². The maximum absolute atomic E-state index is 12.0. The van der Waals surface area contributed by atoms with E-state index < -0.39 is 0 Å². The third kappa shape index (κ3) is 1.96. The van der Waals surface area contributed by atoms with Gasteiger partial charge in [0.25, 0.3) is 11.2 Å². The van der Waals surface area contributed by atoms with Gasteiger partial charge in [-0.05, 0) is 12.1 Å². The van der Waals surface area contributed by atoms with E-state index in [0.29, 0.717) is 10.2 Å². The third-order valence-corrected chi connectivity index (χ3v) is 2.53. The molecule has 0 amide bonds. The minimum atomic E-state index is -0.235. The van der Waals surface area contributed by atoms with Gasteiger partial charge in [0.2, 0.25) is 11.3 Å². The smallest absolute Gasteiger partial charge is 0.260 e. The molecular weight excluding hydrogens is 245 g/mol. The molecule has 0 aromatic heterocycles. The summed E-state index contributed by atoms with van der Waals surface area (Å²) in [5.74, 6) is 0.199. The molecule has 0 fully saturated rings. The van der Waals surface area contributed by atoms with Crippen LogP contribution in [0.25, 0.3) is 22.6 Å². The van der Waals surface area contributed by atoms with Crippen LogP contribution in [0.2, 0.25) is 0 Å². The van der Waals surface area contributed by atoms with Crippen molar-refractivity contribution in [3.8, 4) is 17.2 Å². The standard InChI is InChI=1S/C12H7NO4.Na/c14-7-1-3-9-11(5-7)17-12-6-8(15)2-4-10(12)13(9)16;/h1-6,14H;. The summed E-state index contributed by atoms with van der Waals surface area (Å²) in [5, 5.41) is 21.3. The fourth-order valence-corrected chi connectivity index (χ4v) is 1.74. The van der Waals surface area contributed by atoms with Crippen molar-refractivity contribution in [1.29, 1.82) is 0 Å². The van der Waals surface area contributed by atoms with Crippen molar-refractivity contribution >= 4 is 40.7 Å². The van der Waals surface area contributed by atoms with E-state index in [-0.39, 0.29) is 57.8 Å². The molecule has 1 heterocycles. The maximum Gasteiger partial charge on any atom is 0.260 e. The Kier molecular flexibility index (Phi) is 3.30. The van der Waals surface area contributed by atoms with Gasteiger partial charge in [0, 0.05) is 53.8 Å². The Balaban J connectivity index is 0.00000120. The zero-order valence-corrected chi connectivity index (χ0v) is 11.6. The van der Waals surface area contributed by atoms with Crippen molar-refractivity contribution in [3.05, 3.63) is 51.8 Å². The Morgan fingerprint density at radius 2 is 1.94 bits per heavy atom. The molecule has 1 aromatic carbocycles. The molecule has 2 aliphatic rings. The molecule has 1 aromatic rings. The van der Waals surface area contributed by atoms with E-state index in [4.69, 9.17) is 4.42 Å². The molecule has 1 radical (unpaired) electrons. The molecular formula is C12H7NNaO4. The first-order chi connectivity index (χ1) is 8.15.